The third-order valence-corrected chi connectivity index (χ3v) is 3.75. The zero-order valence-corrected chi connectivity index (χ0v) is 12.0. The van der Waals surface area contributed by atoms with Gasteiger partial charge < -0.3 is 14.6 Å². The number of thiophene rings is 1. The maximum atomic E-state index is 11.8. The van der Waals surface area contributed by atoms with Gasteiger partial charge in [0, 0.05) is 18.1 Å². The lowest BCUT2D eigenvalue weighted by atomic mass is 10.3. The zero-order chi connectivity index (χ0) is 13.0. The first-order chi connectivity index (χ1) is 8.69. The highest BCUT2D eigenvalue weighted by Crippen LogP contribution is 2.21. The van der Waals surface area contributed by atoms with Gasteiger partial charge in [-0.2, -0.15) is 0 Å². The Morgan fingerprint density at radius 2 is 2.44 bits per heavy atom. The summed E-state index contributed by atoms with van der Waals surface area (Å²) in [5.41, 5.74) is 0.262. The molecule has 0 saturated heterocycles. The lowest BCUT2D eigenvalue weighted by molar-refractivity contribution is 0.0941. The number of methoxy groups -OCH3 is 1. The summed E-state index contributed by atoms with van der Waals surface area (Å²) in [7, 11) is 1.55. The Hall–Kier alpha value is -1.18. The number of aromatic nitrogens is 1. The van der Waals surface area contributed by atoms with Crippen LogP contribution in [0.2, 0.25) is 0 Å². The molecule has 2 aromatic rings. The van der Waals surface area contributed by atoms with Crippen LogP contribution in [-0.4, -0.2) is 18.2 Å². The lowest BCUT2D eigenvalue weighted by Gasteiger charge is -1.99. The summed E-state index contributed by atoms with van der Waals surface area (Å²) in [5.74, 6) is 0.271. The molecule has 2 rings (SSSR count). The number of hydrogen-bond donors (Lipinski definition) is 1. The fourth-order valence-corrected chi connectivity index (χ4v) is 2.76. The van der Waals surface area contributed by atoms with Gasteiger partial charge in [-0.05, 0) is 28.1 Å². The van der Waals surface area contributed by atoms with Crippen molar-refractivity contribution in [3.8, 4) is 0 Å². The minimum atomic E-state index is -0.259. The normalized spacial score (nSPS) is 10.6. The zero-order valence-electron chi connectivity index (χ0n) is 9.60. The molecule has 96 valence electrons. The standard InChI is InChI=1S/C11H11BrN2O3S/c1-16-6-7-4-9(14-17-7)11(15)13-5-8-2-3-10(12)18-8/h2-4H,5-6H2,1H3,(H,13,15). The van der Waals surface area contributed by atoms with E-state index in [1.807, 2.05) is 12.1 Å². The number of nitrogens with one attached hydrogen (secondary N) is 1. The average molecular weight is 331 g/mol. The summed E-state index contributed by atoms with van der Waals surface area (Å²) in [6.45, 7) is 0.778. The summed E-state index contributed by atoms with van der Waals surface area (Å²) in [4.78, 5) is 12.8. The van der Waals surface area contributed by atoms with Gasteiger partial charge in [-0.15, -0.1) is 11.3 Å². The number of amides is 1. The Morgan fingerprint density at radius 3 is 3.11 bits per heavy atom. The van der Waals surface area contributed by atoms with Crippen molar-refractivity contribution in [1.82, 2.24) is 10.5 Å². The van der Waals surface area contributed by atoms with E-state index < -0.39 is 0 Å². The Balaban J connectivity index is 1.90. The van der Waals surface area contributed by atoms with E-state index in [1.54, 1.807) is 24.5 Å². The molecule has 0 saturated carbocycles. The van der Waals surface area contributed by atoms with Crippen molar-refractivity contribution < 1.29 is 14.1 Å². The highest BCUT2D eigenvalue weighted by Gasteiger charge is 2.12. The summed E-state index contributed by atoms with van der Waals surface area (Å²) in [6, 6.07) is 5.47. The van der Waals surface area contributed by atoms with Crippen molar-refractivity contribution in [3.05, 3.63) is 38.3 Å². The van der Waals surface area contributed by atoms with E-state index in [4.69, 9.17) is 9.26 Å². The summed E-state index contributed by atoms with van der Waals surface area (Å²) >= 11 is 4.95. The maximum Gasteiger partial charge on any atom is 0.273 e. The van der Waals surface area contributed by atoms with E-state index in [2.05, 4.69) is 26.4 Å². The van der Waals surface area contributed by atoms with Gasteiger partial charge in [0.25, 0.3) is 5.91 Å². The first-order valence-electron chi connectivity index (χ1n) is 5.16. The van der Waals surface area contributed by atoms with E-state index in [9.17, 15) is 4.79 Å². The number of hydrogen-bond acceptors (Lipinski definition) is 5. The topological polar surface area (TPSA) is 64.4 Å². The number of halogens is 1. The summed E-state index contributed by atoms with van der Waals surface area (Å²) in [6.07, 6.45) is 0. The Bertz CT molecular complexity index is 538. The van der Waals surface area contributed by atoms with Gasteiger partial charge in [0.1, 0.15) is 6.61 Å². The Kier molecular flexibility index (Phi) is 4.51. The number of nitrogens with zero attached hydrogens (tertiary/aromatic N) is 1. The number of ether oxygens (including phenoxy) is 1. The first kappa shape index (κ1) is 13.3. The van der Waals surface area contributed by atoms with Crippen LogP contribution in [0, 0.1) is 0 Å². The largest absolute Gasteiger partial charge is 0.377 e. The van der Waals surface area contributed by atoms with Crippen LogP contribution in [0.4, 0.5) is 0 Å². The van der Waals surface area contributed by atoms with Crippen molar-refractivity contribution >= 4 is 33.2 Å². The first-order valence-corrected chi connectivity index (χ1v) is 6.77. The fourth-order valence-electron chi connectivity index (χ4n) is 1.33. The second-order valence-corrected chi connectivity index (χ2v) is 6.05. The molecule has 0 bridgehead atoms. The molecule has 0 aliphatic heterocycles. The van der Waals surface area contributed by atoms with E-state index in [0.717, 1.165) is 8.66 Å². The van der Waals surface area contributed by atoms with Crippen LogP contribution in [0.15, 0.2) is 26.5 Å². The summed E-state index contributed by atoms with van der Waals surface area (Å²) in [5, 5.41) is 6.45. The predicted octanol–water partition coefficient (Wildman–Crippen LogP) is 2.58. The van der Waals surface area contributed by atoms with Crippen LogP contribution < -0.4 is 5.32 Å². The van der Waals surface area contributed by atoms with Crippen molar-refractivity contribution in [2.24, 2.45) is 0 Å². The molecule has 0 spiro atoms. The van der Waals surface area contributed by atoms with Crippen LogP contribution in [0.25, 0.3) is 0 Å². The molecule has 2 heterocycles. The SMILES string of the molecule is COCc1cc(C(=O)NCc2ccc(Br)s2)no1. The molecule has 2 aromatic heterocycles. The molecule has 0 atom stereocenters. The second-order valence-electron chi connectivity index (χ2n) is 3.50. The number of rotatable bonds is 5. The smallest absolute Gasteiger partial charge is 0.273 e. The van der Waals surface area contributed by atoms with Gasteiger partial charge in [0.2, 0.25) is 0 Å². The minimum absolute atomic E-state index is 0.259. The van der Waals surface area contributed by atoms with Gasteiger partial charge in [-0.3, -0.25) is 4.79 Å². The van der Waals surface area contributed by atoms with Gasteiger partial charge in [-0.25, -0.2) is 0 Å². The third-order valence-electron chi connectivity index (χ3n) is 2.13. The molecule has 1 N–H and O–H groups in total. The maximum absolute atomic E-state index is 11.8. The minimum Gasteiger partial charge on any atom is -0.377 e. The van der Waals surface area contributed by atoms with Gasteiger partial charge in [-0.1, -0.05) is 5.16 Å². The van der Waals surface area contributed by atoms with Gasteiger partial charge in [0.05, 0.1) is 10.3 Å². The van der Waals surface area contributed by atoms with Gasteiger partial charge >= 0.3 is 0 Å². The number of carbonyl (C=O) groups is 1. The molecule has 18 heavy (non-hydrogen) atoms. The van der Waals surface area contributed by atoms with Crippen molar-refractivity contribution in [2.45, 2.75) is 13.2 Å². The van der Waals surface area contributed by atoms with Crippen LogP contribution in [-0.2, 0) is 17.9 Å². The average Bonchev–Trinajstić information content (AvgIpc) is 2.96. The van der Waals surface area contributed by atoms with Crippen LogP contribution in [0.1, 0.15) is 21.1 Å². The van der Waals surface area contributed by atoms with E-state index in [0.29, 0.717) is 18.9 Å². The highest BCUT2D eigenvalue weighted by atomic mass is 79.9. The molecular weight excluding hydrogens is 320 g/mol. The molecule has 0 aromatic carbocycles. The second kappa shape index (κ2) is 6.12. The monoisotopic (exact) mass is 330 g/mol. The molecular formula is C11H11BrN2O3S. The van der Waals surface area contributed by atoms with Crippen molar-refractivity contribution in [2.75, 3.05) is 7.11 Å². The predicted molar refractivity (Wildman–Crippen MR) is 70.4 cm³/mol. The Morgan fingerprint density at radius 1 is 1.61 bits per heavy atom. The number of carbonyl (C=O) groups excluding carboxylic acids is 1. The summed E-state index contributed by atoms with van der Waals surface area (Å²) < 4.78 is 10.9. The van der Waals surface area contributed by atoms with Crippen LogP contribution in [0.3, 0.4) is 0 Å². The van der Waals surface area contributed by atoms with Crippen LogP contribution >= 0.6 is 27.3 Å². The van der Waals surface area contributed by atoms with Crippen molar-refractivity contribution in [1.29, 1.82) is 0 Å². The third kappa shape index (κ3) is 3.41. The molecule has 0 unspecified atom stereocenters. The van der Waals surface area contributed by atoms with E-state index in [-0.39, 0.29) is 11.6 Å². The van der Waals surface area contributed by atoms with Crippen LogP contribution in [0.5, 0.6) is 0 Å². The Labute approximate surface area is 116 Å². The highest BCUT2D eigenvalue weighted by molar-refractivity contribution is 9.11. The molecule has 0 aliphatic rings. The molecule has 0 aliphatic carbocycles. The van der Waals surface area contributed by atoms with E-state index >= 15 is 0 Å². The van der Waals surface area contributed by atoms with Gasteiger partial charge in [0.15, 0.2) is 11.5 Å². The lowest BCUT2D eigenvalue weighted by Crippen LogP contribution is -2.22. The van der Waals surface area contributed by atoms with Crippen molar-refractivity contribution in [3.63, 3.8) is 0 Å². The quantitative estimate of drug-likeness (QED) is 0.915. The molecule has 0 radical (unpaired) electrons. The fraction of sp³-hybridized carbons (Fsp3) is 0.273. The van der Waals surface area contributed by atoms with E-state index in [1.165, 1.54) is 0 Å². The molecule has 7 heteroatoms. The molecule has 5 nitrogen and oxygen atoms in total. The molecule has 1 amide bonds. The molecule has 0 fully saturated rings.